The van der Waals surface area contributed by atoms with Crippen molar-refractivity contribution in [3.05, 3.63) is 20.3 Å². The number of halogens is 2. The Labute approximate surface area is 99.2 Å². The molecule has 1 unspecified atom stereocenters. The molecular weight excluding hydrogens is 237 g/mol. The molecule has 4 heteroatoms. The van der Waals surface area contributed by atoms with Crippen molar-refractivity contribution in [1.29, 1.82) is 0 Å². The SMILES string of the molecule is CCC(CC)C(N)c1cc(Cl)sc1Cl. The van der Waals surface area contributed by atoms with Crippen LogP contribution in [0.25, 0.3) is 0 Å². The molecule has 0 aliphatic rings. The molecule has 0 aliphatic carbocycles. The molecule has 0 saturated carbocycles. The average molecular weight is 252 g/mol. The third-order valence-electron chi connectivity index (χ3n) is 2.60. The Morgan fingerprint density at radius 1 is 1.36 bits per heavy atom. The summed E-state index contributed by atoms with van der Waals surface area (Å²) in [6.45, 7) is 4.30. The van der Waals surface area contributed by atoms with Gasteiger partial charge < -0.3 is 5.73 Å². The molecule has 1 nitrogen and oxygen atoms in total. The molecule has 1 rings (SSSR count). The summed E-state index contributed by atoms with van der Waals surface area (Å²) in [5.41, 5.74) is 7.13. The predicted octanol–water partition coefficient (Wildman–Crippen LogP) is 4.49. The number of hydrogen-bond acceptors (Lipinski definition) is 2. The first-order valence-corrected chi connectivity index (χ1v) is 6.37. The van der Waals surface area contributed by atoms with E-state index in [2.05, 4.69) is 13.8 Å². The van der Waals surface area contributed by atoms with E-state index >= 15 is 0 Å². The molecule has 0 aliphatic heterocycles. The molecule has 2 N–H and O–H groups in total. The topological polar surface area (TPSA) is 26.0 Å². The summed E-state index contributed by atoms with van der Waals surface area (Å²) in [6.07, 6.45) is 2.14. The molecule has 1 atom stereocenters. The molecule has 0 aromatic carbocycles. The Balaban J connectivity index is 2.87. The lowest BCUT2D eigenvalue weighted by Gasteiger charge is -2.20. The zero-order valence-corrected chi connectivity index (χ0v) is 10.7. The zero-order chi connectivity index (χ0) is 10.7. The van der Waals surface area contributed by atoms with Crippen molar-refractivity contribution < 1.29 is 0 Å². The maximum atomic E-state index is 6.14. The summed E-state index contributed by atoms with van der Waals surface area (Å²) in [4.78, 5) is 0. The van der Waals surface area contributed by atoms with Crippen molar-refractivity contribution in [2.24, 2.45) is 11.7 Å². The molecule has 14 heavy (non-hydrogen) atoms. The maximum Gasteiger partial charge on any atom is 0.0991 e. The van der Waals surface area contributed by atoms with E-state index in [1.54, 1.807) is 0 Å². The summed E-state index contributed by atoms with van der Waals surface area (Å²) in [5.74, 6) is 0.484. The Morgan fingerprint density at radius 2 is 1.93 bits per heavy atom. The molecule has 1 aromatic rings. The highest BCUT2D eigenvalue weighted by Gasteiger charge is 2.20. The lowest BCUT2D eigenvalue weighted by molar-refractivity contribution is 0.406. The molecule has 1 heterocycles. The quantitative estimate of drug-likeness (QED) is 0.839. The van der Waals surface area contributed by atoms with Gasteiger partial charge in [0.25, 0.3) is 0 Å². The highest BCUT2D eigenvalue weighted by Crippen LogP contribution is 2.37. The summed E-state index contributed by atoms with van der Waals surface area (Å²) in [5, 5.41) is 0. The maximum absolute atomic E-state index is 6.14. The molecule has 0 radical (unpaired) electrons. The summed E-state index contributed by atoms with van der Waals surface area (Å²) in [7, 11) is 0. The van der Waals surface area contributed by atoms with Crippen LogP contribution < -0.4 is 5.73 Å². The van der Waals surface area contributed by atoms with Crippen LogP contribution in [-0.4, -0.2) is 0 Å². The first-order chi connectivity index (χ1) is 6.60. The van der Waals surface area contributed by atoms with Crippen LogP contribution >= 0.6 is 34.5 Å². The van der Waals surface area contributed by atoms with E-state index in [4.69, 9.17) is 28.9 Å². The van der Waals surface area contributed by atoms with Crippen LogP contribution in [-0.2, 0) is 0 Å². The van der Waals surface area contributed by atoms with Gasteiger partial charge in [0, 0.05) is 11.6 Å². The second-order valence-corrected chi connectivity index (χ2v) is 5.67. The van der Waals surface area contributed by atoms with Crippen LogP contribution in [0.3, 0.4) is 0 Å². The fourth-order valence-electron chi connectivity index (χ4n) is 1.63. The first kappa shape index (κ1) is 12.3. The largest absolute Gasteiger partial charge is 0.324 e. The molecule has 0 saturated heterocycles. The van der Waals surface area contributed by atoms with Crippen molar-refractivity contribution in [1.82, 2.24) is 0 Å². The lowest BCUT2D eigenvalue weighted by atomic mass is 9.91. The molecule has 80 valence electrons. The second-order valence-electron chi connectivity index (χ2n) is 3.38. The molecule has 0 spiro atoms. The molecule has 0 bridgehead atoms. The van der Waals surface area contributed by atoms with Gasteiger partial charge >= 0.3 is 0 Å². The minimum Gasteiger partial charge on any atom is -0.324 e. The van der Waals surface area contributed by atoms with E-state index in [-0.39, 0.29) is 6.04 Å². The van der Waals surface area contributed by atoms with E-state index in [0.717, 1.165) is 22.7 Å². The Morgan fingerprint density at radius 3 is 2.29 bits per heavy atom. The molecule has 0 fully saturated rings. The van der Waals surface area contributed by atoms with Gasteiger partial charge in [-0.25, -0.2) is 0 Å². The van der Waals surface area contributed by atoms with Gasteiger partial charge in [-0.2, -0.15) is 0 Å². The highest BCUT2D eigenvalue weighted by atomic mass is 35.5. The molecular formula is C10H15Cl2NS. The Hall–Kier alpha value is 0.240. The van der Waals surface area contributed by atoms with Crippen molar-refractivity contribution in [3.63, 3.8) is 0 Å². The Kier molecular flexibility index (Phi) is 4.71. The highest BCUT2D eigenvalue weighted by molar-refractivity contribution is 7.20. The molecule has 0 amide bonds. The van der Waals surface area contributed by atoms with Crippen molar-refractivity contribution in [2.45, 2.75) is 32.7 Å². The van der Waals surface area contributed by atoms with E-state index in [1.807, 2.05) is 6.07 Å². The predicted molar refractivity (Wildman–Crippen MR) is 65.3 cm³/mol. The van der Waals surface area contributed by atoms with Gasteiger partial charge in [-0.15, -0.1) is 11.3 Å². The average Bonchev–Trinajstić information content (AvgIpc) is 2.47. The van der Waals surface area contributed by atoms with Crippen LogP contribution in [0.15, 0.2) is 6.07 Å². The van der Waals surface area contributed by atoms with Gasteiger partial charge in [0.05, 0.1) is 8.67 Å². The van der Waals surface area contributed by atoms with Crippen LogP contribution in [0.2, 0.25) is 8.67 Å². The van der Waals surface area contributed by atoms with Crippen LogP contribution in [0.5, 0.6) is 0 Å². The van der Waals surface area contributed by atoms with E-state index in [9.17, 15) is 0 Å². The van der Waals surface area contributed by atoms with Gasteiger partial charge in [0.15, 0.2) is 0 Å². The van der Waals surface area contributed by atoms with E-state index < -0.39 is 0 Å². The normalized spacial score (nSPS) is 13.6. The van der Waals surface area contributed by atoms with E-state index in [1.165, 1.54) is 11.3 Å². The van der Waals surface area contributed by atoms with E-state index in [0.29, 0.717) is 10.3 Å². The van der Waals surface area contributed by atoms with Gasteiger partial charge in [0.1, 0.15) is 0 Å². The third kappa shape index (κ3) is 2.63. The standard InChI is InChI=1S/C10H15Cl2NS/c1-3-6(4-2)9(13)7-5-8(11)14-10(7)12/h5-6,9H,3-4,13H2,1-2H3. The number of rotatable bonds is 4. The lowest BCUT2D eigenvalue weighted by Crippen LogP contribution is -2.20. The van der Waals surface area contributed by atoms with Crippen molar-refractivity contribution in [3.8, 4) is 0 Å². The van der Waals surface area contributed by atoms with Gasteiger partial charge in [-0.05, 0) is 12.0 Å². The van der Waals surface area contributed by atoms with Crippen LogP contribution in [0.4, 0.5) is 0 Å². The van der Waals surface area contributed by atoms with Crippen molar-refractivity contribution >= 4 is 34.5 Å². The fraction of sp³-hybridized carbons (Fsp3) is 0.600. The van der Waals surface area contributed by atoms with Crippen LogP contribution in [0, 0.1) is 5.92 Å². The summed E-state index contributed by atoms with van der Waals surface area (Å²) < 4.78 is 1.45. The van der Waals surface area contributed by atoms with Crippen molar-refractivity contribution in [2.75, 3.05) is 0 Å². The monoisotopic (exact) mass is 251 g/mol. The van der Waals surface area contributed by atoms with Crippen LogP contribution in [0.1, 0.15) is 38.3 Å². The Bertz CT molecular complexity index is 294. The summed E-state index contributed by atoms with van der Waals surface area (Å²) in [6, 6.07) is 1.90. The summed E-state index contributed by atoms with van der Waals surface area (Å²) >= 11 is 13.3. The number of hydrogen-bond donors (Lipinski definition) is 1. The second kappa shape index (κ2) is 5.36. The van der Waals surface area contributed by atoms with Gasteiger partial charge in [0.2, 0.25) is 0 Å². The zero-order valence-electron chi connectivity index (χ0n) is 8.39. The minimum atomic E-state index is 0.0150. The van der Waals surface area contributed by atoms with Gasteiger partial charge in [-0.3, -0.25) is 0 Å². The minimum absolute atomic E-state index is 0.0150. The smallest absolute Gasteiger partial charge is 0.0991 e. The third-order valence-corrected chi connectivity index (χ3v) is 4.12. The first-order valence-electron chi connectivity index (χ1n) is 4.80. The number of thiophene rings is 1. The fourth-order valence-corrected chi connectivity index (χ4v) is 3.20. The number of nitrogens with two attached hydrogens (primary N) is 1. The van der Waals surface area contributed by atoms with Gasteiger partial charge in [-0.1, -0.05) is 49.9 Å². The molecule has 1 aromatic heterocycles.